The Kier molecular flexibility index (Phi) is 4.42. The maximum atomic E-state index is 12.5. The third-order valence-corrected chi connectivity index (χ3v) is 5.95. The largest absolute Gasteiger partial charge is 0.305 e. The molecule has 4 nitrogen and oxygen atoms in total. The maximum absolute atomic E-state index is 12.5. The minimum Gasteiger partial charge on any atom is -0.305 e. The van der Waals surface area contributed by atoms with E-state index < -0.39 is 10.0 Å². The molecule has 2 rings (SSSR count). The van der Waals surface area contributed by atoms with Crippen LogP contribution in [0.4, 0.5) is 0 Å². The van der Waals surface area contributed by atoms with Crippen molar-refractivity contribution in [2.75, 3.05) is 27.2 Å². The first-order chi connectivity index (χ1) is 8.82. The molecule has 106 valence electrons. The average molecular weight is 323 g/mol. The predicted molar refractivity (Wildman–Crippen MR) is 77.3 cm³/mol. The second-order valence-electron chi connectivity index (χ2n) is 4.84. The Labute approximate surface area is 124 Å². The molecular weight excluding hydrogens is 307 g/mol. The highest BCUT2D eigenvalue weighted by molar-refractivity contribution is 7.89. The fourth-order valence-electron chi connectivity index (χ4n) is 2.16. The predicted octanol–water partition coefficient (Wildman–Crippen LogP) is 2.32. The fraction of sp³-hybridized carbons (Fsp3) is 0.500. The lowest BCUT2D eigenvalue weighted by Gasteiger charge is -2.20. The molecule has 1 aromatic carbocycles. The van der Waals surface area contributed by atoms with Crippen LogP contribution in [0.15, 0.2) is 23.1 Å². The number of hydrogen-bond acceptors (Lipinski definition) is 3. The summed E-state index contributed by atoms with van der Waals surface area (Å²) < 4.78 is 26.5. The monoisotopic (exact) mass is 322 g/mol. The molecule has 0 saturated carbocycles. The summed E-state index contributed by atoms with van der Waals surface area (Å²) in [6, 6.07) is 4.74. The van der Waals surface area contributed by atoms with Crippen molar-refractivity contribution in [2.24, 2.45) is 0 Å². The second-order valence-corrected chi connectivity index (χ2v) is 7.59. The Morgan fingerprint density at radius 2 is 2.00 bits per heavy atom. The molecule has 0 aromatic heterocycles. The topological polar surface area (TPSA) is 40.6 Å². The van der Waals surface area contributed by atoms with Crippen molar-refractivity contribution >= 4 is 33.2 Å². The Balaban J connectivity index is 2.31. The van der Waals surface area contributed by atoms with E-state index in [4.69, 9.17) is 23.2 Å². The minimum absolute atomic E-state index is 0.0843. The summed E-state index contributed by atoms with van der Waals surface area (Å²) >= 11 is 11.8. The summed E-state index contributed by atoms with van der Waals surface area (Å²) in [4.78, 5) is 2.12. The zero-order valence-electron chi connectivity index (χ0n) is 10.8. The Hall–Kier alpha value is -0.330. The van der Waals surface area contributed by atoms with Crippen molar-refractivity contribution in [1.29, 1.82) is 0 Å². The van der Waals surface area contributed by atoms with Gasteiger partial charge in [0.2, 0.25) is 10.0 Å². The molecule has 1 atom stereocenters. The summed E-state index contributed by atoms with van der Waals surface area (Å²) in [6.07, 6.45) is 0.824. The molecule has 0 aliphatic carbocycles. The number of benzene rings is 1. The zero-order valence-corrected chi connectivity index (χ0v) is 13.1. The van der Waals surface area contributed by atoms with Gasteiger partial charge in [0.15, 0.2) is 0 Å². The van der Waals surface area contributed by atoms with Crippen molar-refractivity contribution in [2.45, 2.75) is 17.4 Å². The average Bonchev–Trinajstić information content (AvgIpc) is 2.82. The number of halogens is 2. The highest BCUT2D eigenvalue weighted by atomic mass is 35.5. The van der Waals surface area contributed by atoms with Crippen LogP contribution in [0.25, 0.3) is 0 Å². The van der Waals surface area contributed by atoms with Gasteiger partial charge in [0.05, 0.1) is 5.02 Å². The first-order valence-corrected chi connectivity index (χ1v) is 8.13. The number of sulfonamides is 1. The molecule has 1 unspecified atom stereocenters. The summed E-state index contributed by atoms with van der Waals surface area (Å²) in [7, 11) is 0.335. The molecule has 1 fully saturated rings. The quantitative estimate of drug-likeness (QED) is 0.857. The Bertz CT molecular complexity index is 575. The van der Waals surface area contributed by atoms with E-state index in [-0.39, 0.29) is 16.0 Å². The van der Waals surface area contributed by atoms with Crippen molar-refractivity contribution in [1.82, 2.24) is 9.21 Å². The molecule has 1 aromatic rings. The third-order valence-electron chi connectivity index (χ3n) is 3.37. The lowest BCUT2D eigenvalue weighted by Crippen LogP contribution is -2.34. The summed E-state index contributed by atoms with van der Waals surface area (Å²) in [5, 5.41) is 0.573. The molecule has 0 spiro atoms. The molecule has 1 aliphatic rings. The van der Waals surface area contributed by atoms with Gasteiger partial charge in [-0.15, -0.1) is 0 Å². The van der Waals surface area contributed by atoms with Gasteiger partial charge < -0.3 is 4.90 Å². The van der Waals surface area contributed by atoms with Crippen LogP contribution in [0.1, 0.15) is 6.42 Å². The SMILES string of the molecule is CN(C)C1CCN(S(=O)(=O)c2cc(Cl)ccc2Cl)C1. The van der Waals surface area contributed by atoms with E-state index in [1.807, 2.05) is 19.0 Å². The number of likely N-dealkylation sites (N-methyl/N-ethyl adjacent to an activating group) is 1. The molecular formula is C12H16Cl2N2O2S. The third kappa shape index (κ3) is 3.06. The lowest BCUT2D eigenvalue weighted by molar-refractivity contribution is 0.302. The van der Waals surface area contributed by atoms with Gasteiger partial charge in [-0.2, -0.15) is 4.31 Å². The molecule has 7 heteroatoms. The summed E-state index contributed by atoms with van der Waals surface area (Å²) in [6.45, 7) is 0.992. The van der Waals surface area contributed by atoms with Crippen LogP contribution >= 0.6 is 23.2 Å². The number of rotatable bonds is 3. The van der Waals surface area contributed by atoms with E-state index >= 15 is 0 Å². The van der Waals surface area contributed by atoms with Gasteiger partial charge in [0, 0.05) is 24.2 Å². The molecule has 1 saturated heterocycles. The maximum Gasteiger partial charge on any atom is 0.244 e. The van der Waals surface area contributed by atoms with E-state index in [1.165, 1.54) is 16.4 Å². The second kappa shape index (κ2) is 5.58. The lowest BCUT2D eigenvalue weighted by atomic mass is 10.2. The van der Waals surface area contributed by atoms with Gasteiger partial charge in [0.25, 0.3) is 0 Å². The van der Waals surface area contributed by atoms with Gasteiger partial charge in [-0.05, 0) is 38.7 Å². The van der Waals surface area contributed by atoms with Crippen molar-refractivity contribution in [3.63, 3.8) is 0 Å². The van der Waals surface area contributed by atoms with Crippen LogP contribution in [0.3, 0.4) is 0 Å². The van der Waals surface area contributed by atoms with E-state index in [9.17, 15) is 8.42 Å². The van der Waals surface area contributed by atoms with Gasteiger partial charge in [0.1, 0.15) is 4.90 Å². The molecule has 0 N–H and O–H groups in total. The molecule has 0 amide bonds. The highest BCUT2D eigenvalue weighted by Gasteiger charge is 2.34. The number of hydrogen-bond donors (Lipinski definition) is 0. The van der Waals surface area contributed by atoms with Crippen LogP contribution in [-0.2, 0) is 10.0 Å². The summed E-state index contributed by atoms with van der Waals surface area (Å²) in [5.74, 6) is 0. The first-order valence-electron chi connectivity index (χ1n) is 5.94. The van der Waals surface area contributed by atoms with E-state index in [1.54, 1.807) is 6.07 Å². The van der Waals surface area contributed by atoms with Crippen molar-refractivity contribution in [3.8, 4) is 0 Å². The molecule has 1 aliphatic heterocycles. The summed E-state index contributed by atoms with van der Waals surface area (Å²) in [5.41, 5.74) is 0. The Morgan fingerprint density at radius 1 is 1.32 bits per heavy atom. The normalized spacial score (nSPS) is 21.2. The molecule has 0 bridgehead atoms. The van der Waals surface area contributed by atoms with Gasteiger partial charge in [-0.1, -0.05) is 23.2 Å². The van der Waals surface area contributed by atoms with Gasteiger partial charge in [-0.3, -0.25) is 0 Å². The van der Waals surface area contributed by atoms with E-state index in [2.05, 4.69) is 0 Å². The van der Waals surface area contributed by atoms with Crippen LogP contribution in [0.5, 0.6) is 0 Å². The van der Waals surface area contributed by atoms with Crippen molar-refractivity contribution < 1.29 is 8.42 Å². The smallest absolute Gasteiger partial charge is 0.244 e. The fourth-order valence-corrected chi connectivity index (χ4v) is 4.39. The highest BCUT2D eigenvalue weighted by Crippen LogP contribution is 2.30. The molecule has 0 radical (unpaired) electrons. The standard InChI is InChI=1S/C12H16Cl2N2O2S/c1-15(2)10-5-6-16(8-10)19(17,18)12-7-9(13)3-4-11(12)14/h3-4,7,10H,5-6,8H2,1-2H3. The molecule has 19 heavy (non-hydrogen) atoms. The van der Waals surface area contributed by atoms with Crippen LogP contribution in [-0.4, -0.2) is 50.8 Å². The van der Waals surface area contributed by atoms with Gasteiger partial charge >= 0.3 is 0 Å². The Morgan fingerprint density at radius 3 is 2.58 bits per heavy atom. The zero-order chi connectivity index (χ0) is 14.2. The van der Waals surface area contributed by atoms with Crippen molar-refractivity contribution in [3.05, 3.63) is 28.2 Å². The van der Waals surface area contributed by atoms with Gasteiger partial charge in [-0.25, -0.2) is 8.42 Å². The van der Waals surface area contributed by atoms with Crippen LogP contribution < -0.4 is 0 Å². The molecule has 1 heterocycles. The van der Waals surface area contributed by atoms with Crippen LogP contribution in [0.2, 0.25) is 10.0 Å². The van der Waals surface area contributed by atoms with Crippen LogP contribution in [0, 0.1) is 0 Å². The first kappa shape index (κ1) is 15.1. The number of nitrogens with zero attached hydrogens (tertiary/aromatic N) is 2. The van der Waals surface area contributed by atoms with E-state index in [0.717, 1.165) is 6.42 Å². The van der Waals surface area contributed by atoms with E-state index in [0.29, 0.717) is 18.1 Å². The minimum atomic E-state index is -3.57.